The van der Waals surface area contributed by atoms with Crippen LogP contribution in [0.2, 0.25) is 0 Å². The molecule has 1 aliphatic heterocycles. The van der Waals surface area contributed by atoms with Crippen molar-refractivity contribution >= 4 is 5.95 Å². The van der Waals surface area contributed by atoms with E-state index in [9.17, 15) is 13.2 Å². The lowest BCUT2D eigenvalue weighted by Crippen LogP contribution is -2.36. The van der Waals surface area contributed by atoms with Crippen LogP contribution in [0.3, 0.4) is 0 Å². The van der Waals surface area contributed by atoms with Crippen molar-refractivity contribution in [1.29, 1.82) is 0 Å². The van der Waals surface area contributed by atoms with E-state index in [-0.39, 0.29) is 30.1 Å². The summed E-state index contributed by atoms with van der Waals surface area (Å²) in [6.45, 7) is 3.78. The molecule has 0 spiro atoms. The largest absolute Gasteiger partial charge is 0.474 e. The lowest BCUT2D eigenvalue weighted by atomic mass is 10.0. The van der Waals surface area contributed by atoms with Crippen molar-refractivity contribution in [3.8, 4) is 5.88 Å². The first-order valence-electron chi connectivity index (χ1n) is 6.53. The maximum atomic E-state index is 12.8. The molecule has 1 aromatic rings. The van der Waals surface area contributed by atoms with Gasteiger partial charge in [0.25, 0.3) is 0 Å². The Balaban J connectivity index is 2.19. The first-order chi connectivity index (χ1) is 9.77. The van der Waals surface area contributed by atoms with Gasteiger partial charge in [0.1, 0.15) is 6.10 Å². The fourth-order valence-electron chi connectivity index (χ4n) is 2.31. The van der Waals surface area contributed by atoms with Crippen molar-refractivity contribution in [2.75, 3.05) is 5.43 Å². The lowest BCUT2D eigenvalue weighted by molar-refractivity contribution is -0.141. The molecular weight excluding hydrogens is 289 g/mol. The number of halogens is 3. The van der Waals surface area contributed by atoms with Crippen molar-refractivity contribution in [3.63, 3.8) is 0 Å². The summed E-state index contributed by atoms with van der Waals surface area (Å²) in [7, 11) is 0. The van der Waals surface area contributed by atoms with Gasteiger partial charge in [-0.2, -0.15) is 18.2 Å². The van der Waals surface area contributed by atoms with Gasteiger partial charge in [-0.3, -0.25) is 5.43 Å². The van der Waals surface area contributed by atoms with Gasteiger partial charge in [-0.15, -0.1) is 0 Å². The minimum atomic E-state index is -4.59. The van der Waals surface area contributed by atoms with Crippen LogP contribution in [0, 0.1) is 0 Å². The first-order valence-corrected chi connectivity index (χ1v) is 6.53. The zero-order valence-electron chi connectivity index (χ0n) is 11.6. The van der Waals surface area contributed by atoms with E-state index in [0.29, 0.717) is 12.8 Å². The van der Waals surface area contributed by atoms with Crippen LogP contribution < -0.4 is 16.0 Å². The molecule has 3 N–H and O–H groups in total. The molecule has 9 heteroatoms. The highest BCUT2D eigenvalue weighted by Crippen LogP contribution is 2.31. The molecule has 2 heterocycles. The minimum Gasteiger partial charge on any atom is -0.474 e. The number of aromatic nitrogens is 2. The predicted molar refractivity (Wildman–Crippen MR) is 68.5 cm³/mol. The SMILES string of the molecule is CC1CC(Oc2cc(C(F)(F)F)nc(NN)n2)CC(C)O1. The van der Waals surface area contributed by atoms with Crippen molar-refractivity contribution in [2.24, 2.45) is 5.84 Å². The normalized spacial score (nSPS) is 26.5. The number of nitrogens with one attached hydrogen (secondary N) is 1. The third-order valence-corrected chi connectivity index (χ3v) is 3.06. The average molecular weight is 306 g/mol. The average Bonchev–Trinajstić information content (AvgIpc) is 2.36. The van der Waals surface area contributed by atoms with Gasteiger partial charge in [0.2, 0.25) is 11.8 Å². The van der Waals surface area contributed by atoms with Crippen LogP contribution in [0.1, 0.15) is 32.4 Å². The van der Waals surface area contributed by atoms with Crippen LogP contribution in [0.5, 0.6) is 5.88 Å². The molecule has 118 valence electrons. The zero-order chi connectivity index (χ0) is 15.6. The van der Waals surface area contributed by atoms with Gasteiger partial charge in [0.15, 0.2) is 5.69 Å². The molecule has 0 radical (unpaired) electrons. The molecule has 1 fully saturated rings. The zero-order valence-corrected chi connectivity index (χ0v) is 11.6. The molecule has 6 nitrogen and oxygen atoms in total. The molecule has 1 saturated heterocycles. The van der Waals surface area contributed by atoms with Gasteiger partial charge >= 0.3 is 6.18 Å². The van der Waals surface area contributed by atoms with E-state index in [4.69, 9.17) is 15.3 Å². The van der Waals surface area contributed by atoms with E-state index in [2.05, 4.69) is 9.97 Å². The van der Waals surface area contributed by atoms with E-state index in [1.165, 1.54) is 0 Å². The van der Waals surface area contributed by atoms with Gasteiger partial charge < -0.3 is 9.47 Å². The third kappa shape index (κ3) is 4.18. The van der Waals surface area contributed by atoms with Crippen molar-refractivity contribution in [3.05, 3.63) is 11.8 Å². The highest BCUT2D eigenvalue weighted by molar-refractivity contribution is 5.30. The monoisotopic (exact) mass is 306 g/mol. The molecule has 0 aliphatic carbocycles. The summed E-state index contributed by atoms with van der Waals surface area (Å²) in [6, 6.07) is 0.769. The predicted octanol–water partition coefficient (Wildman–Crippen LogP) is 2.12. The summed E-state index contributed by atoms with van der Waals surface area (Å²) in [6.07, 6.45) is -3.72. The molecule has 0 bridgehead atoms. The second kappa shape index (κ2) is 6.02. The Morgan fingerprint density at radius 1 is 1.29 bits per heavy atom. The summed E-state index contributed by atoms with van der Waals surface area (Å²) in [4.78, 5) is 7.07. The molecule has 1 aliphatic rings. The van der Waals surface area contributed by atoms with Gasteiger partial charge in [0.05, 0.1) is 12.2 Å². The first kappa shape index (κ1) is 15.8. The summed E-state index contributed by atoms with van der Waals surface area (Å²) >= 11 is 0. The van der Waals surface area contributed by atoms with Crippen LogP contribution in [-0.2, 0) is 10.9 Å². The quantitative estimate of drug-likeness (QED) is 0.657. The number of alkyl halides is 3. The smallest absolute Gasteiger partial charge is 0.433 e. The number of nitrogen functional groups attached to an aromatic ring is 1. The summed E-state index contributed by atoms with van der Waals surface area (Å²) in [5, 5.41) is 0. The number of hydrazine groups is 1. The Morgan fingerprint density at radius 2 is 1.90 bits per heavy atom. The number of nitrogens with two attached hydrogens (primary N) is 1. The Morgan fingerprint density at radius 3 is 2.43 bits per heavy atom. The molecule has 2 rings (SSSR count). The number of anilines is 1. The Labute approximate surface area is 119 Å². The van der Waals surface area contributed by atoms with Gasteiger partial charge in [-0.25, -0.2) is 10.8 Å². The third-order valence-electron chi connectivity index (χ3n) is 3.06. The van der Waals surface area contributed by atoms with Crippen LogP contribution in [0.25, 0.3) is 0 Å². The van der Waals surface area contributed by atoms with Gasteiger partial charge in [-0.1, -0.05) is 0 Å². The number of ether oxygens (including phenoxy) is 2. The van der Waals surface area contributed by atoms with E-state index < -0.39 is 11.9 Å². The minimum absolute atomic E-state index is 0.0187. The molecular formula is C12H17F3N4O2. The second-order valence-corrected chi connectivity index (χ2v) is 5.03. The molecule has 0 amide bonds. The number of hydrogen-bond donors (Lipinski definition) is 2. The molecule has 0 saturated carbocycles. The van der Waals surface area contributed by atoms with Crippen LogP contribution >= 0.6 is 0 Å². The molecule has 2 unspecified atom stereocenters. The highest BCUT2D eigenvalue weighted by Gasteiger charge is 2.34. The molecule has 0 aromatic carbocycles. The Hall–Kier alpha value is -1.61. The maximum Gasteiger partial charge on any atom is 0.433 e. The summed E-state index contributed by atoms with van der Waals surface area (Å²) in [5.41, 5.74) is 0.905. The molecule has 1 aromatic heterocycles. The fraction of sp³-hybridized carbons (Fsp3) is 0.667. The number of nitrogens with zero attached hydrogens (tertiary/aromatic N) is 2. The van der Waals surface area contributed by atoms with Gasteiger partial charge in [0, 0.05) is 18.9 Å². The maximum absolute atomic E-state index is 12.8. The van der Waals surface area contributed by atoms with Crippen LogP contribution in [0.15, 0.2) is 6.07 Å². The fourth-order valence-corrected chi connectivity index (χ4v) is 2.31. The molecule has 21 heavy (non-hydrogen) atoms. The summed E-state index contributed by atoms with van der Waals surface area (Å²) < 4.78 is 49.4. The molecule has 2 atom stereocenters. The highest BCUT2D eigenvalue weighted by atomic mass is 19.4. The van der Waals surface area contributed by atoms with Gasteiger partial charge in [-0.05, 0) is 13.8 Å². The van der Waals surface area contributed by atoms with Crippen molar-refractivity contribution < 1.29 is 22.6 Å². The van der Waals surface area contributed by atoms with Crippen LogP contribution in [-0.4, -0.2) is 28.3 Å². The lowest BCUT2D eigenvalue weighted by Gasteiger charge is -2.32. The number of hydrogen-bond acceptors (Lipinski definition) is 6. The Kier molecular flexibility index (Phi) is 4.52. The summed E-state index contributed by atoms with van der Waals surface area (Å²) in [5.74, 6) is 4.59. The van der Waals surface area contributed by atoms with E-state index >= 15 is 0 Å². The van der Waals surface area contributed by atoms with Crippen molar-refractivity contribution in [2.45, 2.75) is 51.2 Å². The topological polar surface area (TPSA) is 82.3 Å². The van der Waals surface area contributed by atoms with E-state index in [1.54, 1.807) is 0 Å². The Bertz CT molecular complexity index is 488. The second-order valence-electron chi connectivity index (χ2n) is 5.03. The van der Waals surface area contributed by atoms with Crippen LogP contribution in [0.4, 0.5) is 19.1 Å². The standard InChI is InChI=1S/C12H17F3N4O2/c1-6-3-8(4-7(2)20-6)21-10-5-9(12(13,14)15)17-11(18-10)19-16/h5-8H,3-4,16H2,1-2H3,(H,17,18,19). The van der Waals surface area contributed by atoms with Crippen molar-refractivity contribution in [1.82, 2.24) is 9.97 Å². The number of rotatable bonds is 3. The van der Waals surface area contributed by atoms with E-state index in [0.717, 1.165) is 6.07 Å². The van der Waals surface area contributed by atoms with E-state index in [1.807, 2.05) is 19.3 Å².